The zero-order valence-corrected chi connectivity index (χ0v) is 18.5. The molecule has 5 nitrogen and oxygen atoms in total. The summed E-state index contributed by atoms with van der Waals surface area (Å²) >= 11 is 7.47. The third-order valence-corrected chi connectivity index (χ3v) is 6.22. The molecule has 0 saturated heterocycles. The fourth-order valence-electron chi connectivity index (χ4n) is 3.58. The van der Waals surface area contributed by atoms with Gasteiger partial charge in [-0.2, -0.15) is 0 Å². The summed E-state index contributed by atoms with van der Waals surface area (Å²) in [5.41, 5.74) is 0.231. The summed E-state index contributed by atoms with van der Waals surface area (Å²) in [4.78, 5) is 30.6. The molecule has 152 valence electrons. The Morgan fingerprint density at radius 3 is 2.61 bits per heavy atom. The van der Waals surface area contributed by atoms with Gasteiger partial charge in [0, 0.05) is 16.6 Å². The number of rotatable bonds is 4. The number of benzene rings is 1. The molecule has 1 aromatic heterocycles. The molecule has 2 aromatic rings. The highest BCUT2D eigenvalue weighted by Gasteiger charge is 2.26. The van der Waals surface area contributed by atoms with Crippen LogP contribution in [0.4, 0.5) is 0 Å². The van der Waals surface area contributed by atoms with Gasteiger partial charge in [0.05, 0.1) is 16.2 Å². The quantitative estimate of drug-likeness (QED) is 0.560. The number of halogens is 1. The minimum atomic E-state index is -0.363. The van der Waals surface area contributed by atoms with Gasteiger partial charge in [0.15, 0.2) is 5.16 Å². The molecule has 1 aliphatic carbocycles. The Morgan fingerprint density at radius 2 is 1.96 bits per heavy atom. The minimum absolute atomic E-state index is 0.0421. The van der Waals surface area contributed by atoms with E-state index >= 15 is 0 Å². The number of nitrogens with zero attached hydrogens (tertiary/aromatic N) is 2. The number of hydrogen-bond acceptors (Lipinski definition) is 4. The number of carbonyl (C=O) groups is 1. The van der Waals surface area contributed by atoms with E-state index in [0.29, 0.717) is 21.1 Å². The van der Waals surface area contributed by atoms with E-state index in [4.69, 9.17) is 16.6 Å². The van der Waals surface area contributed by atoms with E-state index in [1.807, 2.05) is 32.3 Å². The number of fused-ring (bicyclic) bond motifs is 1. The summed E-state index contributed by atoms with van der Waals surface area (Å²) in [6.07, 6.45) is 5.36. The van der Waals surface area contributed by atoms with Crippen LogP contribution in [0.5, 0.6) is 0 Å². The summed E-state index contributed by atoms with van der Waals surface area (Å²) in [5.74, 6) is -0.0619. The molecule has 28 heavy (non-hydrogen) atoms. The van der Waals surface area contributed by atoms with Gasteiger partial charge in [-0.3, -0.25) is 14.2 Å². The summed E-state index contributed by atoms with van der Waals surface area (Å²) in [5, 5.41) is 4.36. The van der Waals surface area contributed by atoms with E-state index in [9.17, 15) is 9.59 Å². The van der Waals surface area contributed by atoms with Crippen LogP contribution in [0.1, 0.15) is 65.8 Å². The molecule has 0 unspecified atom stereocenters. The largest absolute Gasteiger partial charge is 0.351 e. The summed E-state index contributed by atoms with van der Waals surface area (Å²) < 4.78 is 1.82. The van der Waals surface area contributed by atoms with Crippen molar-refractivity contribution in [1.29, 1.82) is 0 Å². The molecule has 0 radical (unpaired) electrons. The first-order valence-electron chi connectivity index (χ1n) is 9.86. The second-order valence-electron chi connectivity index (χ2n) is 8.52. The van der Waals surface area contributed by atoms with Crippen LogP contribution < -0.4 is 10.9 Å². The number of carbonyl (C=O) groups excluding carboxylic acids is 1. The highest BCUT2D eigenvalue weighted by atomic mass is 35.5. The second-order valence-corrected chi connectivity index (χ2v) is 10.3. The van der Waals surface area contributed by atoms with Gasteiger partial charge in [0.1, 0.15) is 0 Å². The number of hydrogen-bond donors (Lipinski definition) is 1. The van der Waals surface area contributed by atoms with E-state index in [0.717, 1.165) is 25.7 Å². The van der Waals surface area contributed by atoms with Gasteiger partial charge in [-0.25, -0.2) is 4.98 Å². The fourth-order valence-corrected chi connectivity index (χ4v) is 4.72. The molecule has 1 aliphatic rings. The van der Waals surface area contributed by atoms with Crippen LogP contribution in [0, 0.1) is 0 Å². The van der Waals surface area contributed by atoms with Crippen molar-refractivity contribution in [2.45, 2.75) is 81.8 Å². The first-order valence-corrected chi connectivity index (χ1v) is 11.1. The van der Waals surface area contributed by atoms with Crippen molar-refractivity contribution in [1.82, 2.24) is 14.9 Å². The Balaban J connectivity index is 2.03. The van der Waals surface area contributed by atoms with Gasteiger partial charge in [-0.1, -0.05) is 42.6 Å². The van der Waals surface area contributed by atoms with Crippen molar-refractivity contribution in [3.8, 4) is 0 Å². The lowest BCUT2D eigenvalue weighted by atomic mass is 9.95. The molecule has 1 heterocycles. The molecule has 0 bridgehead atoms. The SMILES string of the molecule is C[C@H](Sc1nc2cc(Cl)ccc2c(=O)n1C1CCCCC1)C(=O)NC(C)(C)C. The van der Waals surface area contributed by atoms with Gasteiger partial charge in [-0.05, 0) is 58.7 Å². The summed E-state index contributed by atoms with van der Waals surface area (Å²) in [6.45, 7) is 7.72. The van der Waals surface area contributed by atoms with Crippen molar-refractivity contribution in [3.05, 3.63) is 33.6 Å². The standard InChI is InChI=1S/C21H28ClN3O2S/c1-13(18(26)24-21(2,3)4)28-20-23-17-12-14(22)10-11-16(17)19(27)25(20)15-8-6-5-7-9-15/h10-13,15H,5-9H2,1-4H3,(H,24,26)/t13-/m0/s1. The fraction of sp³-hybridized carbons (Fsp3) is 0.571. The Hall–Kier alpha value is -1.53. The normalized spacial score (nSPS) is 16.9. The molecular weight excluding hydrogens is 394 g/mol. The van der Waals surface area contributed by atoms with Crippen LogP contribution in [0.2, 0.25) is 5.02 Å². The van der Waals surface area contributed by atoms with Crippen molar-refractivity contribution >= 4 is 40.2 Å². The third-order valence-electron chi connectivity index (χ3n) is 4.92. The van der Waals surface area contributed by atoms with Crippen molar-refractivity contribution in [3.63, 3.8) is 0 Å². The second kappa shape index (κ2) is 8.46. The smallest absolute Gasteiger partial charge is 0.262 e. The molecule has 1 aromatic carbocycles. The van der Waals surface area contributed by atoms with Crippen LogP contribution >= 0.6 is 23.4 Å². The van der Waals surface area contributed by atoms with Crippen LogP contribution in [0.3, 0.4) is 0 Å². The Labute approximate surface area is 175 Å². The Kier molecular flexibility index (Phi) is 6.40. The van der Waals surface area contributed by atoms with Crippen molar-refractivity contribution in [2.24, 2.45) is 0 Å². The van der Waals surface area contributed by atoms with Crippen molar-refractivity contribution in [2.75, 3.05) is 0 Å². The molecule has 1 amide bonds. The van der Waals surface area contributed by atoms with Crippen LogP contribution in [-0.4, -0.2) is 26.2 Å². The summed E-state index contributed by atoms with van der Waals surface area (Å²) in [6, 6.07) is 5.32. The van der Waals surface area contributed by atoms with Gasteiger partial charge in [-0.15, -0.1) is 0 Å². The zero-order valence-electron chi connectivity index (χ0n) is 16.9. The van der Waals surface area contributed by atoms with E-state index in [-0.39, 0.29) is 28.3 Å². The third kappa shape index (κ3) is 4.90. The lowest BCUT2D eigenvalue weighted by Gasteiger charge is -2.27. The molecule has 1 saturated carbocycles. The number of amides is 1. The van der Waals surface area contributed by atoms with Crippen LogP contribution in [0.25, 0.3) is 10.9 Å². The predicted molar refractivity (Wildman–Crippen MR) is 116 cm³/mol. The molecule has 0 aliphatic heterocycles. The van der Waals surface area contributed by atoms with E-state index in [1.54, 1.807) is 18.2 Å². The highest BCUT2D eigenvalue weighted by Crippen LogP contribution is 2.32. The Morgan fingerprint density at radius 1 is 1.29 bits per heavy atom. The molecule has 1 N–H and O–H groups in total. The first kappa shape index (κ1) is 21.2. The van der Waals surface area contributed by atoms with E-state index in [2.05, 4.69) is 5.32 Å². The molecule has 3 rings (SSSR count). The summed E-state index contributed by atoms with van der Waals surface area (Å²) in [7, 11) is 0. The predicted octanol–water partition coefficient (Wildman–Crippen LogP) is 4.95. The average Bonchev–Trinajstić information content (AvgIpc) is 2.61. The zero-order chi connectivity index (χ0) is 20.5. The van der Waals surface area contributed by atoms with Crippen LogP contribution in [-0.2, 0) is 4.79 Å². The lowest BCUT2D eigenvalue weighted by molar-refractivity contribution is -0.121. The van der Waals surface area contributed by atoms with Gasteiger partial charge >= 0.3 is 0 Å². The Bertz CT molecular complexity index is 930. The monoisotopic (exact) mass is 421 g/mol. The van der Waals surface area contributed by atoms with Crippen LogP contribution in [0.15, 0.2) is 28.2 Å². The van der Waals surface area contributed by atoms with E-state index in [1.165, 1.54) is 18.2 Å². The molecular formula is C21H28ClN3O2S. The number of thioether (sulfide) groups is 1. The number of nitrogens with one attached hydrogen (secondary N) is 1. The number of aromatic nitrogens is 2. The van der Waals surface area contributed by atoms with E-state index < -0.39 is 0 Å². The topological polar surface area (TPSA) is 64.0 Å². The first-order chi connectivity index (χ1) is 13.2. The molecule has 7 heteroatoms. The maximum absolute atomic E-state index is 13.3. The average molecular weight is 422 g/mol. The maximum atomic E-state index is 13.3. The van der Waals surface area contributed by atoms with Gasteiger partial charge in [0.25, 0.3) is 5.56 Å². The maximum Gasteiger partial charge on any atom is 0.262 e. The van der Waals surface area contributed by atoms with Gasteiger partial charge in [0.2, 0.25) is 5.91 Å². The molecule has 1 fully saturated rings. The molecule has 0 spiro atoms. The molecule has 1 atom stereocenters. The van der Waals surface area contributed by atoms with Gasteiger partial charge < -0.3 is 5.32 Å². The lowest BCUT2D eigenvalue weighted by Crippen LogP contribution is -2.44. The minimum Gasteiger partial charge on any atom is -0.351 e. The highest BCUT2D eigenvalue weighted by molar-refractivity contribution is 8.00. The van der Waals surface area contributed by atoms with Crippen molar-refractivity contribution < 1.29 is 4.79 Å².